The third-order valence-corrected chi connectivity index (χ3v) is 6.84. The summed E-state index contributed by atoms with van der Waals surface area (Å²) in [5, 5.41) is 3.79. The Morgan fingerprint density at radius 3 is 2.57 bits per heavy atom. The fourth-order valence-electron chi connectivity index (χ4n) is 2.61. The molecule has 2 aromatic heterocycles. The number of nitrogens with zero attached hydrogens (tertiary/aromatic N) is 3. The van der Waals surface area contributed by atoms with Gasteiger partial charge in [-0.15, -0.1) is 0 Å². The van der Waals surface area contributed by atoms with Gasteiger partial charge in [0.25, 0.3) is 0 Å². The Bertz CT molecular complexity index is 1090. The molecule has 0 radical (unpaired) electrons. The molecule has 2 N–H and O–H groups in total. The topological polar surface area (TPSA) is 106 Å². The molecule has 146 valence electrons. The molecule has 0 amide bonds. The summed E-state index contributed by atoms with van der Waals surface area (Å²) in [6.07, 6.45) is 4.93. The van der Waals surface area contributed by atoms with Crippen LogP contribution in [-0.4, -0.2) is 36.5 Å². The predicted octanol–water partition coefficient (Wildman–Crippen LogP) is 3.10. The highest BCUT2D eigenvalue weighted by molar-refractivity contribution is 7.89. The number of methoxy groups -OCH3 is 1. The first-order chi connectivity index (χ1) is 13.4. The van der Waals surface area contributed by atoms with Gasteiger partial charge < -0.3 is 10.1 Å². The van der Waals surface area contributed by atoms with Crippen molar-refractivity contribution in [3.63, 3.8) is 0 Å². The Hall–Kier alpha value is -2.56. The number of aromatic nitrogens is 3. The van der Waals surface area contributed by atoms with Gasteiger partial charge in [0.05, 0.1) is 35.0 Å². The number of benzene rings is 1. The first-order valence-electron chi connectivity index (χ1n) is 8.68. The summed E-state index contributed by atoms with van der Waals surface area (Å²) in [5.41, 5.74) is 1.75. The van der Waals surface area contributed by atoms with E-state index in [0.29, 0.717) is 16.8 Å². The number of ether oxygens (including phenoxy) is 1. The highest BCUT2D eigenvalue weighted by Crippen LogP contribution is 2.34. The van der Waals surface area contributed by atoms with Crippen LogP contribution in [0.2, 0.25) is 0 Å². The second-order valence-electron chi connectivity index (χ2n) is 6.43. The predicted molar refractivity (Wildman–Crippen MR) is 107 cm³/mol. The van der Waals surface area contributed by atoms with Gasteiger partial charge in [-0.1, -0.05) is 23.5 Å². The molecule has 2 heterocycles. The first-order valence-corrected chi connectivity index (χ1v) is 11.0. The van der Waals surface area contributed by atoms with E-state index in [1.165, 1.54) is 24.6 Å². The van der Waals surface area contributed by atoms with Crippen molar-refractivity contribution < 1.29 is 13.2 Å². The molecule has 28 heavy (non-hydrogen) atoms. The number of sulfonamides is 1. The SMILES string of the molecule is COc1cncc(Nc2nc(C)c(-c3ccc(S(=O)(=O)NC4CC4)cc3)s2)n1. The number of aryl methyl sites for hydroxylation is 1. The average molecular weight is 418 g/mol. The van der Waals surface area contributed by atoms with Gasteiger partial charge in [0.1, 0.15) is 0 Å². The monoisotopic (exact) mass is 417 g/mol. The highest BCUT2D eigenvalue weighted by atomic mass is 32.2. The lowest BCUT2D eigenvalue weighted by Crippen LogP contribution is -2.25. The molecule has 1 aliphatic carbocycles. The molecule has 1 fully saturated rings. The third kappa shape index (κ3) is 4.13. The zero-order valence-corrected chi connectivity index (χ0v) is 17.0. The maximum atomic E-state index is 12.3. The van der Waals surface area contributed by atoms with Crippen LogP contribution < -0.4 is 14.8 Å². The Kier molecular flexibility index (Phi) is 5.00. The van der Waals surface area contributed by atoms with E-state index >= 15 is 0 Å². The van der Waals surface area contributed by atoms with Crippen LogP contribution in [0.3, 0.4) is 0 Å². The summed E-state index contributed by atoms with van der Waals surface area (Å²) < 4.78 is 32.4. The summed E-state index contributed by atoms with van der Waals surface area (Å²) in [6, 6.07) is 6.94. The zero-order chi connectivity index (χ0) is 19.7. The van der Waals surface area contributed by atoms with Crippen LogP contribution in [0.25, 0.3) is 10.4 Å². The van der Waals surface area contributed by atoms with Crippen molar-refractivity contribution in [2.45, 2.75) is 30.7 Å². The molecular formula is C18H19N5O3S2. The zero-order valence-electron chi connectivity index (χ0n) is 15.3. The van der Waals surface area contributed by atoms with E-state index in [4.69, 9.17) is 4.74 Å². The van der Waals surface area contributed by atoms with Crippen molar-refractivity contribution in [3.8, 4) is 16.3 Å². The van der Waals surface area contributed by atoms with Crippen molar-refractivity contribution in [1.82, 2.24) is 19.7 Å². The van der Waals surface area contributed by atoms with Gasteiger partial charge in [-0.25, -0.2) is 18.1 Å². The molecule has 1 aliphatic rings. The van der Waals surface area contributed by atoms with Crippen molar-refractivity contribution in [3.05, 3.63) is 42.4 Å². The molecule has 4 rings (SSSR count). The van der Waals surface area contributed by atoms with Gasteiger partial charge in [-0.2, -0.15) is 4.98 Å². The van der Waals surface area contributed by atoms with E-state index in [2.05, 4.69) is 25.0 Å². The summed E-state index contributed by atoms with van der Waals surface area (Å²) in [6.45, 7) is 1.91. The largest absolute Gasteiger partial charge is 0.480 e. The minimum atomic E-state index is -3.45. The van der Waals surface area contributed by atoms with Gasteiger partial charge >= 0.3 is 0 Å². The lowest BCUT2D eigenvalue weighted by molar-refractivity contribution is 0.396. The average Bonchev–Trinajstić information content (AvgIpc) is 3.41. The van der Waals surface area contributed by atoms with Crippen LogP contribution >= 0.6 is 11.3 Å². The molecule has 0 bridgehead atoms. The van der Waals surface area contributed by atoms with Gasteiger partial charge in [-0.3, -0.25) is 4.98 Å². The number of anilines is 2. The smallest absolute Gasteiger partial charge is 0.240 e. The lowest BCUT2D eigenvalue weighted by atomic mass is 10.2. The molecule has 0 aliphatic heterocycles. The Balaban J connectivity index is 1.54. The fraction of sp³-hybridized carbons (Fsp3) is 0.278. The normalized spacial score (nSPS) is 14.1. The number of rotatable bonds is 7. The summed E-state index contributed by atoms with van der Waals surface area (Å²) in [7, 11) is -1.92. The minimum Gasteiger partial charge on any atom is -0.480 e. The molecule has 0 saturated heterocycles. The van der Waals surface area contributed by atoms with Gasteiger partial charge in [-0.05, 0) is 37.5 Å². The number of thiazole rings is 1. The Labute approximate surface area is 167 Å². The van der Waals surface area contributed by atoms with E-state index in [-0.39, 0.29) is 10.9 Å². The van der Waals surface area contributed by atoms with Crippen molar-refractivity contribution in [2.24, 2.45) is 0 Å². The van der Waals surface area contributed by atoms with Crippen LogP contribution in [0.1, 0.15) is 18.5 Å². The fourth-order valence-corrected chi connectivity index (χ4v) is 4.89. The standard InChI is InChI=1S/C18H19N5O3S2/c1-11-17(27-18(20-11)22-15-9-19-10-16(21-15)26-2)12-3-7-14(8-4-12)28(24,25)23-13-5-6-13/h3-4,7-10,13,23H,5-6H2,1-2H3,(H,20,21,22). The van der Waals surface area contributed by atoms with Crippen LogP contribution in [0.4, 0.5) is 10.9 Å². The number of hydrogen-bond donors (Lipinski definition) is 2. The van der Waals surface area contributed by atoms with E-state index in [0.717, 1.165) is 29.0 Å². The summed E-state index contributed by atoms with van der Waals surface area (Å²) >= 11 is 1.46. The van der Waals surface area contributed by atoms with Crippen molar-refractivity contribution in [2.75, 3.05) is 12.4 Å². The maximum absolute atomic E-state index is 12.3. The van der Waals surface area contributed by atoms with Crippen molar-refractivity contribution in [1.29, 1.82) is 0 Å². The molecule has 0 unspecified atom stereocenters. The third-order valence-electron chi connectivity index (χ3n) is 4.18. The van der Waals surface area contributed by atoms with Gasteiger partial charge in [0, 0.05) is 6.04 Å². The van der Waals surface area contributed by atoms with E-state index in [1.54, 1.807) is 30.5 Å². The molecule has 0 spiro atoms. The first kappa shape index (κ1) is 18.8. The van der Waals surface area contributed by atoms with Crippen LogP contribution in [-0.2, 0) is 10.0 Å². The Morgan fingerprint density at radius 1 is 1.14 bits per heavy atom. The maximum Gasteiger partial charge on any atom is 0.240 e. The summed E-state index contributed by atoms with van der Waals surface area (Å²) in [4.78, 5) is 14.1. The molecule has 1 aromatic carbocycles. The van der Waals surface area contributed by atoms with Crippen LogP contribution in [0, 0.1) is 6.92 Å². The van der Waals surface area contributed by atoms with E-state index in [1.807, 2.05) is 6.92 Å². The quantitative estimate of drug-likeness (QED) is 0.608. The van der Waals surface area contributed by atoms with E-state index < -0.39 is 10.0 Å². The number of nitrogens with one attached hydrogen (secondary N) is 2. The van der Waals surface area contributed by atoms with Gasteiger partial charge in [0.2, 0.25) is 15.9 Å². The summed E-state index contributed by atoms with van der Waals surface area (Å²) in [5.74, 6) is 0.947. The molecule has 1 saturated carbocycles. The van der Waals surface area contributed by atoms with Crippen LogP contribution in [0.15, 0.2) is 41.6 Å². The van der Waals surface area contributed by atoms with Gasteiger partial charge in [0.15, 0.2) is 10.9 Å². The Morgan fingerprint density at radius 2 is 1.89 bits per heavy atom. The number of hydrogen-bond acceptors (Lipinski definition) is 8. The van der Waals surface area contributed by atoms with E-state index in [9.17, 15) is 8.42 Å². The minimum absolute atomic E-state index is 0.0850. The molecule has 0 atom stereocenters. The lowest BCUT2D eigenvalue weighted by Gasteiger charge is -2.06. The second kappa shape index (κ2) is 7.46. The molecular weight excluding hydrogens is 398 g/mol. The highest BCUT2D eigenvalue weighted by Gasteiger charge is 2.27. The molecule has 3 aromatic rings. The van der Waals surface area contributed by atoms with Crippen molar-refractivity contribution >= 4 is 32.3 Å². The molecule has 10 heteroatoms. The van der Waals surface area contributed by atoms with Crippen LogP contribution in [0.5, 0.6) is 5.88 Å². The molecule has 8 nitrogen and oxygen atoms in total. The second-order valence-corrected chi connectivity index (χ2v) is 9.14.